The summed E-state index contributed by atoms with van der Waals surface area (Å²) in [4.78, 5) is 10.8. The Morgan fingerprint density at radius 3 is 2.53 bits per heavy atom. The summed E-state index contributed by atoms with van der Waals surface area (Å²) in [6.07, 6.45) is 0. The van der Waals surface area contributed by atoms with Gasteiger partial charge in [0.2, 0.25) is 15.9 Å². The summed E-state index contributed by atoms with van der Waals surface area (Å²) in [5.41, 5.74) is 10.9. The molecule has 1 aromatic carbocycles. The molecule has 0 aromatic heterocycles. The Hall–Kier alpha value is -0.830. The molecule has 0 aliphatic rings. The van der Waals surface area contributed by atoms with E-state index in [0.717, 1.165) is 4.31 Å². The third kappa shape index (κ3) is 3.59. The van der Waals surface area contributed by atoms with Gasteiger partial charge in [0, 0.05) is 17.3 Å². The first kappa shape index (κ1) is 16.2. The van der Waals surface area contributed by atoms with Crippen LogP contribution >= 0.6 is 27.5 Å². The van der Waals surface area contributed by atoms with Crippen LogP contribution < -0.4 is 11.5 Å². The summed E-state index contributed by atoms with van der Waals surface area (Å²) < 4.78 is 26.0. The third-order valence-electron chi connectivity index (χ3n) is 2.33. The van der Waals surface area contributed by atoms with Crippen molar-refractivity contribution < 1.29 is 13.2 Å². The molecule has 0 saturated heterocycles. The highest BCUT2D eigenvalue weighted by Crippen LogP contribution is 2.33. The van der Waals surface area contributed by atoms with Gasteiger partial charge in [-0.25, -0.2) is 8.42 Å². The van der Waals surface area contributed by atoms with Crippen LogP contribution in [0.5, 0.6) is 0 Å². The van der Waals surface area contributed by atoms with E-state index < -0.39 is 22.5 Å². The van der Waals surface area contributed by atoms with Gasteiger partial charge in [-0.05, 0) is 28.1 Å². The number of carbonyl (C=O) groups excluding carboxylic acids is 1. The normalized spacial score (nSPS) is 11.8. The number of benzene rings is 1. The van der Waals surface area contributed by atoms with Gasteiger partial charge in [-0.15, -0.1) is 0 Å². The van der Waals surface area contributed by atoms with Crippen LogP contribution in [-0.4, -0.2) is 31.7 Å². The summed E-state index contributed by atoms with van der Waals surface area (Å²) in [6, 6.07) is 2.69. The van der Waals surface area contributed by atoms with Crippen molar-refractivity contribution in [3.05, 3.63) is 21.6 Å². The van der Waals surface area contributed by atoms with Gasteiger partial charge in [0.25, 0.3) is 0 Å². The van der Waals surface area contributed by atoms with Gasteiger partial charge >= 0.3 is 0 Å². The fourth-order valence-electron chi connectivity index (χ4n) is 1.45. The van der Waals surface area contributed by atoms with Gasteiger partial charge in [0.1, 0.15) is 0 Å². The minimum Gasteiger partial charge on any atom is -0.398 e. The minimum absolute atomic E-state index is 0.0967. The van der Waals surface area contributed by atoms with Crippen molar-refractivity contribution in [1.82, 2.24) is 4.31 Å². The molecule has 1 rings (SSSR count). The zero-order chi connectivity index (χ0) is 14.8. The van der Waals surface area contributed by atoms with Crippen LogP contribution in [-0.2, 0) is 14.8 Å². The SMILES string of the molecule is CCN(CC(N)=O)S(=O)(=O)c1cc(Cl)cc(N)c1Br. The van der Waals surface area contributed by atoms with Crippen molar-refractivity contribution in [2.75, 3.05) is 18.8 Å². The van der Waals surface area contributed by atoms with Gasteiger partial charge in [0.15, 0.2) is 0 Å². The van der Waals surface area contributed by atoms with Crippen LogP contribution in [0.3, 0.4) is 0 Å². The lowest BCUT2D eigenvalue weighted by molar-refractivity contribution is -0.118. The summed E-state index contributed by atoms with van der Waals surface area (Å²) in [7, 11) is -3.90. The first-order valence-electron chi connectivity index (χ1n) is 5.23. The van der Waals surface area contributed by atoms with Crippen molar-refractivity contribution in [3.63, 3.8) is 0 Å². The first-order valence-corrected chi connectivity index (χ1v) is 7.84. The number of hydrogen-bond acceptors (Lipinski definition) is 4. The molecule has 19 heavy (non-hydrogen) atoms. The van der Waals surface area contributed by atoms with Gasteiger partial charge in [-0.1, -0.05) is 18.5 Å². The minimum atomic E-state index is -3.90. The molecule has 0 aliphatic carbocycles. The van der Waals surface area contributed by atoms with E-state index in [-0.39, 0.29) is 26.6 Å². The number of anilines is 1. The van der Waals surface area contributed by atoms with E-state index in [4.69, 9.17) is 23.1 Å². The van der Waals surface area contributed by atoms with Gasteiger partial charge in [-0.3, -0.25) is 4.79 Å². The van der Waals surface area contributed by atoms with Crippen molar-refractivity contribution in [1.29, 1.82) is 0 Å². The maximum atomic E-state index is 12.4. The number of nitrogens with zero attached hydrogens (tertiary/aromatic N) is 1. The lowest BCUT2D eigenvalue weighted by Gasteiger charge is -2.20. The maximum Gasteiger partial charge on any atom is 0.244 e. The molecule has 9 heteroatoms. The van der Waals surface area contributed by atoms with Gasteiger partial charge < -0.3 is 11.5 Å². The molecule has 0 heterocycles. The maximum absolute atomic E-state index is 12.4. The number of carbonyl (C=O) groups is 1. The number of nitrogen functional groups attached to an aromatic ring is 1. The number of rotatable bonds is 5. The zero-order valence-corrected chi connectivity index (χ0v) is 13.2. The highest BCUT2D eigenvalue weighted by molar-refractivity contribution is 9.10. The predicted molar refractivity (Wildman–Crippen MR) is 77.2 cm³/mol. The number of halogens is 2. The molecule has 6 nitrogen and oxygen atoms in total. The Kier molecular flexibility index (Phi) is 5.19. The second kappa shape index (κ2) is 6.08. The van der Waals surface area contributed by atoms with E-state index in [1.165, 1.54) is 12.1 Å². The largest absolute Gasteiger partial charge is 0.398 e. The van der Waals surface area contributed by atoms with Gasteiger partial charge in [-0.2, -0.15) is 4.31 Å². The number of hydrogen-bond donors (Lipinski definition) is 2. The molecule has 0 fully saturated rings. The molecule has 0 unspecified atom stereocenters. The van der Waals surface area contributed by atoms with Crippen molar-refractivity contribution >= 4 is 49.1 Å². The van der Waals surface area contributed by atoms with E-state index in [2.05, 4.69) is 15.9 Å². The molecule has 0 aliphatic heterocycles. The molecule has 1 aromatic rings. The van der Waals surface area contributed by atoms with Crippen LogP contribution in [0.25, 0.3) is 0 Å². The molecule has 106 valence electrons. The van der Waals surface area contributed by atoms with Crippen LogP contribution in [0.15, 0.2) is 21.5 Å². The van der Waals surface area contributed by atoms with E-state index in [9.17, 15) is 13.2 Å². The number of amides is 1. The predicted octanol–water partition coefficient (Wildman–Crippen LogP) is 1.18. The Morgan fingerprint density at radius 2 is 2.05 bits per heavy atom. The second-order valence-corrected chi connectivity index (χ2v) is 6.84. The van der Waals surface area contributed by atoms with E-state index in [0.29, 0.717) is 0 Å². The van der Waals surface area contributed by atoms with E-state index in [1.807, 2.05) is 0 Å². The number of sulfonamides is 1. The topological polar surface area (TPSA) is 106 Å². The zero-order valence-electron chi connectivity index (χ0n) is 10.1. The first-order chi connectivity index (χ1) is 8.70. The lowest BCUT2D eigenvalue weighted by Crippen LogP contribution is -2.38. The molecule has 1 amide bonds. The smallest absolute Gasteiger partial charge is 0.244 e. The molecule has 0 saturated carbocycles. The highest BCUT2D eigenvalue weighted by atomic mass is 79.9. The standard InChI is InChI=1S/C10H13BrClN3O3S/c1-2-15(5-9(14)16)19(17,18)8-4-6(12)3-7(13)10(8)11/h3-4H,2,5,13H2,1H3,(H2,14,16). The Labute approximate surface area is 124 Å². The Morgan fingerprint density at radius 1 is 1.47 bits per heavy atom. The van der Waals surface area contributed by atoms with Crippen LogP contribution in [0.4, 0.5) is 5.69 Å². The third-order valence-corrected chi connectivity index (χ3v) is 5.65. The molecular weight excluding hydrogens is 358 g/mol. The van der Waals surface area contributed by atoms with Crippen LogP contribution in [0.2, 0.25) is 5.02 Å². The molecule has 0 bridgehead atoms. The van der Waals surface area contributed by atoms with Crippen LogP contribution in [0, 0.1) is 0 Å². The second-order valence-electron chi connectivity index (χ2n) is 3.70. The fraction of sp³-hybridized carbons (Fsp3) is 0.300. The lowest BCUT2D eigenvalue weighted by atomic mass is 10.3. The van der Waals surface area contributed by atoms with E-state index in [1.54, 1.807) is 6.92 Å². The molecule has 0 atom stereocenters. The Balaban J connectivity index is 3.37. The molecule has 0 radical (unpaired) electrons. The molecule has 0 spiro atoms. The number of primary amides is 1. The quantitative estimate of drug-likeness (QED) is 0.759. The van der Waals surface area contributed by atoms with Crippen molar-refractivity contribution in [2.24, 2.45) is 5.73 Å². The summed E-state index contributed by atoms with van der Waals surface area (Å²) in [5, 5.41) is 0.189. The highest BCUT2D eigenvalue weighted by Gasteiger charge is 2.27. The van der Waals surface area contributed by atoms with Gasteiger partial charge in [0.05, 0.1) is 15.9 Å². The molecular formula is C10H13BrClN3O3S. The molecule has 4 N–H and O–H groups in total. The fourth-order valence-corrected chi connectivity index (χ4v) is 4.12. The summed E-state index contributed by atoms with van der Waals surface area (Å²) in [5.74, 6) is -0.739. The monoisotopic (exact) mass is 369 g/mol. The number of nitrogens with two attached hydrogens (primary N) is 2. The average Bonchev–Trinajstić information content (AvgIpc) is 2.30. The Bertz CT molecular complexity index is 606. The van der Waals surface area contributed by atoms with Crippen molar-refractivity contribution in [3.8, 4) is 0 Å². The average molecular weight is 371 g/mol. The summed E-state index contributed by atoms with van der Waals surface area (Å²) in [6.45, 7) is 1.30. The van der Waals surface area contributed by atoms with E-state index >= 15 is 0 Å². The summed E-state index contributed by atoms with van der Waals surface area (Å²) >= 11 is 8.91. The number of likely N-dealkylation sites (N-methyl/N-ethyl adjacent to an activating group) is 1. The van der Waals surface area contributed by atoms with Crippen molar-refractivity contribution in [2.45, 2.75) is 11.8 Å². The van der Waals surface area contributed by atoms with Crippen LogP contribution in [0.1, 0.15) is 6.92 Å².